The van der Waals surface area contributed by atoms with Gasteiger partial charge < -0.3 is 9.09 Å². The van der Waals surface area contributed by atoms with Crippen LogP contribution in [0.5, 0.6) is 0 Å². The van der Waals surface area contributed by atoms with Crippen LogP contribution in [0, 0.1) is 6.92 Å². The molecule has 0 spiro atoms. The first-order valence-electron chi connectivity index (χ1n) is 5.59. The molecule has 0 unspecified atom stereocenters. The minimum Gasteiger partial charge on any atom is -0.361 e. The Balaban J connectivity index is 2.09. The lowest BCUT2D eigenvalue weighted by molar-refractivity contribution is 0.112. The predicted molar refractivity (Wildman–Crippen MR) is 65.5 cm³/mol. The number of hydrogen-bond donors (Lipinski definition) is 0. The first kappa shape index (κ1) is 10.7. The summed E-state index contributed by atoms with van der Waals surface area (Å²) in [4.78, 5) is 15.3. The zero-order valence-corrected chi connectivity index (χ0v) is 9.83. The first-order valence-corrected chi connectivity index (χ1v) is 5.59. The summed E-state index contributed by atoms with van der Waals surface area (Å²) in [6, 6.07) is 5.58. The standard InChI is InChI=1S/C13H11N3O2/c1-9-5-11(15-18-9)7-16-6-10(8-17)12-3-2-4-14-13(12)16/h2-6,8H,7H2,1H3. The number of carbonyl (C=O) groups is 1. The maximum Gasteiger partial charge on any atom is 0.152 e. The summed E-state index contributed by atoms with van der Waals surface area (Å²) in [6.07, 6.45) is 4.34. The van der Waals surface area contributed by atoms with Crippen molar-refractivity contribution in [1.82, 2.24) is 14.7 Å². The van der Waals surface area contributed by atoms with Gasteiger partial charge in [-0.05, 0) is 19.1 Å². The minimum absolute atomic E-state index is 0.540. The zero-order valence-electron chi connectivity index (χ0n) is 9.83. The normalized spacial score (nSPS) is 10.9. The van der Waals surface area contributed by atoms with Crippen molar-refractivity contribution in [2.75, 3.05) is 0 Å². The maximum atomic E-state index is 11.0. The minimum atomic E-state index is 0.540. The molecular formula is C13H11N3O2. The van der Waals surface area contributed by atoms with E-state index in [1.54, 1.807) is 12.4 Å². The molecule has 0 radical (unpaired) electrons. The highest BCUT2D eigenvalue weighted by Crippen LogP contribution is 2.18. The second-order valence-electron chi connectivity index (χ2n) is 4.13. The van der Waals surface area contributed by atoms with Gasteiger partial charge in [0.15, 0.2) is 6.29 Å². The third-order valence-corrected chi connectivity index (χ3v) is 2.80. The number of nitrogens with zero attached hydrogens (tertiary/aromatic N) is 3. The van der Waals surface area contributed by atoms with Crippen molar-refractivity contribution in [3.05, 3.63) is 47.6 Å². The zero-order chi connectivity index (χ0) is 12.5. The van der Waals surface area contributed by atoms with Gasteiger partial charge >= 0.3 is 0 Å². The van der Waals surface area contributed by atoms with Crippen LogP contribution in [0.25, 0.3) is 11.0 Å². The highest BCUT2D eigenvalue weighted by molar-refractivity contribution is 5.95. The molecule has 0 atom stereocenters. The molecule has 0 bridgehead atoms. The summed E-state index contributed by atoms with van der Waals surface area (Å²) in [5, 5.41) is 4.80. The van der Waals surface area contributed by atoms with Crippen LogP contribution in [0.3, 0.4) is 0 Å². The van der Waals surface area contributed by atoms with E-state index in [4.69, 9.17) is 4.52 Å². The molecule has 0 aliphatic heterocycles. The Morgan fingerprint density at radius 3 is 3.11 bits per heavy atom. The molecule has 0 amide bonds. The van der Waals surface area contributed by atoms with Gasteiger partial charge in [0.1, 0.15) is 17.1 Å². The molecule has 3 heterocycles. The molecule has 3 rings (SSSR count). The number of rotatable bonds is 3. The fourth-order valence-electron chi connectivity index (χ4n) is 2.03. The topological polar surface area (TPSA) is 60.9 Å². The smallest absolute Gasteiger partial charge is 0.152 e. The predicted octanol–water partition coefficient (Wildman–Crippen LogP) is 2.19. The van der Waals surface area contributed by atoms with Gasteiger partial charge in [-0.15, -0.1) is 0 Å². The van der Waals surface area contributed by atoms with Crippen molar-refractivity contribution in [3.63, 3.8) is 0 Å². The largest absolute Gasteiger partial charge is 0.361 e. The molecule has 0 aliphatic carbocycles. The third-order valence-electron chi connectivity index (χ3n) is 2.80. The van der Waals surface area contributed by atoms with E-state index in [9.17, 15) is 4.79 Å². The van der Waals surface area contributed by atoms with Crippen molar-refractivity contribution >= 4 is 17.3 Å². The van der Waals surface area contributed by atoms with Gasteiger partial charge in [-0.2, -0.15) is 0 Å². The van der Waals surface area contributed by atoms with Gasteiger partial charge in [-0.1, -0.05) is 5.16 Å². The molecule has 0 N–H and O–H groups in total. The second-order valence-corrected chi connectivity index (χ2v) is 4.13. The van der Waals surface area contributed by atoms with E-state index in [0.29, 0.717) is 12.1 Å². The summed E-state index contributed by atoms with van der Waals surface area (Å²) in [7, 11) is 0. The molecule has 0 aromatic carbocycles. The van der Waals surface area contributed by atoms with E-state index in [2.05, 4.69) is 10.1 Å². The monoisotopic (exact) mass is 241 g/mol. The number of fused-ring (bicyclic) bond motifs is 1. The molecule has 5 nitrogen and oxygen atoms in total. The fraction of sp³-hybridized carbons (Fsp3) is 0.154. The number of carbonyl (C=O) groups excluding carboxylic acids is 1. The first-order chi connectivity index (χ1) is 8.78. The maximum absolute atomic E-state index is 11.0. The number of aryl methyl sites for hydroxylation is 1. The van der Waals surface area contributed by atoms with E-state index in [-0.39, 0.29) is 0 Å². The van der Waals surface area contributed by atoms with Crippen LogP contribution in [0.2, 0.25) is 0 Å². The Labute approximate surface area is 103 Å². The fourth-order valence-corrected chi connectivity index (χ4v) is 2.03. The lowest BCUT2D eigenvalue weighted by atomic mass is 10.2. The molecule has 0 saturated heterocycles. The Morgan fingerprint density at radius 2 is 2.39 bits per heavy atom. The van der Waals surface area contributed by atoms with Crippen LogP contribution in [-0.4, -0.2) is 21.0 Å². The highest BCUT2D eigenvalue weighted by Gasteiger charge is 2.10. The van der Waals surface area contributed by atoms with Gasteiger partial charge in [-0.3, -0.25) is 4.79 Å². The van der Waals surface area contributed by atoms with E-state index in [0.717, 1.165) is 28.8 Å². The third kappa shape index (κ3) is 1.69. The number of aldehydes is 1. The highest BCUT2D eigenvalue weighted by atomic mass is 16.5. The van der Waals surface area contributed by atoms with Crippen LogP contribution in [0.15, 0.2) is 35.1 Å². The molecule has 3 aromatic rings. The Hall–Kier alpha value is -2.43. The molecule has 90 valence electrons. The molecule has 0 fully saturated rings. The van der Waals surface area contributed by atoms with Crippen molar-refractivity contribution in [1.29, 1.82) is 0 Å². The van der Waals surface area contributed by atoms with Gasteiger partial charge in [0, 0.05) is 29.4 Å². The van der Waals surface area contributed by atoms with Crippen LogP contribution in [0.4, 0.5) is 0 Å². The summed E-state index contributed by atoms with van der Waals surface area (Å²) < 4.78 is 6.93. The summed E-state index contributed by atoms with van der Waals surface area (Å²) >= 11 is 0. The van der Waals surface area contributed by atoms with E-state index < -0.39 is 0 Å². The Kier molecular flexibility index (Phi) is 2.44. The van der Waals surface area contributed by atoms with Crippen molar-refractivity contribution < 1.29 is 9.32 Å². The molecular weight excluding hydrogens is 230 g/mol. The van der Waals surface area contributed by atoms with Crippen LogP contribution < -0.4 is 0 Å². The number of pyridine rings is 1. The Morgan fingerprint density at radius 1 is 1.50 bits per heavy atom. The number of aromatic nitrogens is 3. The van der Waals surface area contributed by atoms with Crippen LogP contribution in [0.1, 0.15) is 21.8 Å². The van der Waals surface area contributed by atoms with Gasteiger partial charge in [0.2, 0.25) is 0 Å². The van der Waals surface area contributed by atoms with Gasteiger partial charge in [0.25, 0.3) is 0 Å². The van der Waals surface area contributed by atoms with Crippen molar-refractivity contribution in [2.24, 2.45) is 0 Å². The lowest BCUT2D eigenvalue weighted by Crippen LogP contribution is -1.99. The number of hydrogen-bond acceptors (Lipinski definition) is 4. The van der Waals surface area contributed by atoms with Gasteiger partial charge in [-0.25, -0.2) is 4.98 Å². The summed E-state index contributed by atoms with van der Waals surface area (Å²) in [5.74, 6) is 0.769. The van der Waals surface area contributed by atoms with E-state index >= 15 is 0 Å². The molecule has 0 aliphatic rings. The lowest BCUT2D eigenvalue weighted by Gasteiger charge is -2.00. The quantitative estimate of drug-likeness (QED) is 0.659. The molecule has 5 heteroatoms. The van der Waals surface area contributed by atoms with Crippen LogP contribution >= 0.6 is 0 Å². The second kappa shape index (κ2) is 4.10. The average molecular weight is 241 g/mol. The van der Waals surface area contributed by atoms with Crippen molar-refractivity contribution in [2.45, 2.75) is 13.5 Å². The van der Waals surface area contributed by atoms with E-state index in [1.165, 1.54) is 0 Å². The SMILES string of the molecule is Cc1cc(Cn2cc(C=O)c3cccnc32)no1. The Bertz CT molecular complexity index is 712. The summed E-state index contributed by atoms with van der Waals surface area (Å²) in [6.45, 7) is 2.39. The summed E-state index contributed by atoms with van der Waals surface area (Å²) in [5.41, 5.74) is 2.23. The molecule has 18 heavy (non-hydrogen) atoms. The van der Waals surface area contributed by atoms with Crippen molar-refractivity contribution in [3.8, 4) is 0 Å². The average Bonchev–Trinajstić information content (AvgIpc) is 2.95. The van der Waals surface area contributed by atoms with Crippen LogP contribution in [-0.2, 0) is 6.54 Å². The van der Waals surface area contributed by atoms with E-state index in [1.807, 2.05) is 29.7 Å². The molecule has 3 aromatic heterocycles. The molecule has 0 saturated carbocycles. The van der Waals surface area contributed by atoms with Gasteiger partial charge in [0.05, 0.1) is 6.54 Å².